The van der Waals surface area contributed by atoms with E-state index in [2.05, 4.69) is 29.7 Å². The first-order valence-electron chi connectivity index (χ1n) is 9.10. The summed E-state index contributed by atoms with van der Waals surface area (Å²) in [6.07, 6.45) is 3.04. The van der Waals surface area contributed by atoms with Crippen molar-refractivity contribution < 1.29 is 14.6 Å². The maximum absolute atomic E-state index is 9.45. The Labute approximate surface area is 162 Å². The lowest BCUT2D eigenvalue weighted by Gasteiger charge is -2.41. The summed E-state index contributed by atoms with van der Waals surface area (Å²) in [5, 5.41) is 10.1. The minimum Gasteiger partial charge on any atom is -0.493 e. The van der Waals surface area contributed by atoms with Gasteiger partial charge in [0.05, 0.1) is 19.2 Å². The number of ether oxygens (including phenoxy) is 2. The molecule has 0 aromatic heterocycles. The van der Waals surface area contributed by atoms with Gasteiger partial charge in [-0.1, -0.05) is 29.3 Å². The van der Waals surface area contributed by atoms with E-state index in [1.54, 1.807) is 14.2 Å². The molecule has 0 radical (unpaired) electrons. The Bertz CT molecular complexity index is 617. The third-order valence-corrected chi connectivity index (χ3v) is 5.26. The maximum Gasteiger partial charge on any atom is 0.179 e. The van der Waals surface area contributed by atoms with E-state index in [9.17, 15) is 5.11 Å². The second-order valence-electron chi connectivity index (χ2n) is 6.95. The van der Waals surface area contributed by atoms with E-state index in [1.165, 1.54) is 5.57 Å². The van der Waals surface area contributed by atoms with Crippen LogP contribution in [0.1, 0.15) is 25.8 Å². The second kappa shape index (κ2) is 10.2. The average Bonchev–Trinajstić information content (AvgIpc) is 2.62. The number of nitrogens with zero attached hydrogens (tertiary/aromatic N) is 2. The summed E-state index contributed by atoms with van der Waals surface area (Å²) < 4.78 is 10.7. The number of piperazine rings is 1. The topological polar surface area (TPSA) is 45.2 Å². The molecule has 1 aliphatic heterocycles. The molecule has 1 atom stereocenters. The zero-order chi connectivity index (χ0) is 19.1. The van der Waals surface area contributed by atoms with Crippen molar-refractivity contribution in [1.82, 2.24) is 9.80 Å². The van der Waals surface area contributed by atoms with E-state index in [0.29, 0.717) is 22.6 Å². The lowest BCUT2D eigenvalue weighted by atomic mass is 10.1. The van der Waals surface area contributed by atoms with E-state index >= 15 is 0 Å². The van der Waals surface area contributed by atoms with Gasteiger partial charge in [-0.25, -0.2) is 0 Å². The lowest BCUT2D eigenvalue weighted by molar-refractivity contribution is 0.0636. The van der Waals surface area contributed by atoms with Crippen LogP contribution in [0.4, 0.5) is 0 Å². The quantitative estimate of drug-likeness (QED) is 0.699. The largest absolute Gasteiger partial charge is 0.493 e. The fourth-order valence-electron chi connectivity index (χ4n) is 3.36. The van der Waals surface area contributed by atoms with Gasteiger partial charge in [-0.15, -0.1) is 0 Å². The predicted molar refractivity (Wildman–Crippen MR) is 106 cm³/mol. The Morgan fingerprint density at radius 3 is 2.65 bits per heavy atom. The smallest absolute Gasteiger partial charge is 0.179 e. The lowest BCUT2D eigenvalue weighted by Crippen LogP contribution is -2.53. The minimum absolute atomic E-state index is 0.209. The highest BCUT2D eigenvalue weighted by Gasteiger charge is 2.26. The summed E-state index contributed by atoms with van der Waals surface area (Å²) in [6, 6.07) is 4.25. The van der Waals surface area contributed by atoms with Gasteiger partial charge >= 0.3 is 0 Å². The van der Waals surface area contributed by atoms with Crippen LogP contribution in [-0.4, -0.2) is 68.0 Å². The van der Waals surface area contributed by atoms with Crippen molar-refractivity contribution in [1.29, 1.82) is 0 Å². The average molecular weight is 383 g/mol. The number of rotatable bonds is 8. The Morgan fingerprint density at radius 1 is 1.27 bits per heavy atom. The van der Waals surface area contributed by atoms with Gasteiger partial charge < -0.3 is 14.6 Å². The van der Waals surface area contributed by atoms with Gasteiger partial charge in [0.15, 0.2) is 11.5 Å². The van der Waals surface area contributed by atoms with Crippen LogP contribution in [-0.2, 0) is 6.54 Å². The number of benzene rings is 1. The fourth-order valence-corrected chi connectivity index (χ4v) is 3.65. The molecule has 0 amide bonds. The molecule has 1 saturated heterocycles. The van der Waals surface area contributed by atoms with Crippen molar-refractivity contribution in [3.8, 4) is 11.5 Å². The molecule has 1 aromatic carbocycles. The Hall–Kier alpha value is -1.27. The maximum atomic E-state index is 9.45. The number of aliphatic hydroxyl groups is 1. The zero-order valence-electron chi connectivity index (χ0n) is 16.3. The number of allylic oxidation sites excluding steroid dienone is 1. The van der Waals surface area contributed by atoms with E-state index < -0.39 is 0 Å². The SMILES string of the molecule is COc1ccc(CN2CCN(CC=C(C)C)[C@@H](CCO)C2)c(Cl)c1OC. The van der Waals surface area contributed by atoms with Crippen LogP contribution in [0.15, 0.2) is 23.8 Å². The van der Waals surface area contributed by atoms with Crippen LogP contribution in [0.25, 0.3) is 0 Å². The summed E-state index contributed by atoms with van der Waals surface area (Å²) in [5.74, 6) is 1.23. The zero-order valence-corrected chi connectivity index (χ0v) is 17.1. The summed E-state index contributed by atoms with van der Waals surface area (Å²) in [7, 11) is 3.21. The second-order valence-corrected chi connectivity index (χ2v) is 7.33. The normalized spacial score (nSPS) is 18.6. The molecule has 1 aliphatic rings. The standard InChI is InChI=1S/C20H31ClN2O3/c1-15(2)7-9-23-11-10-22(14-17(23)8-12-24)13-16-5-6-18(25-3)20(26-4)19(16)21/h5-7,17,24H,8-14H2,1-4H3/t17-/m0/s1. The van der Waals surface area contributed by atoms with Crippen molar-refractivity contribution in [3.63, 3.8) is 0 Å². The molecule has 1 N–H and O–H groups in total. The van der Waals surface area contributed by atoms with Gasteiger partial charge in [-0.3, -0.25) is 9.80 Å². The number of hydrogen-bond acceptors (Lipinski definition) is 5. The first-order valence-corrected chi connectivity index (χ1v) is 9.47. The molecule has 0 unspecified atom stereocenters. The van der Waals surface area contributed by atoms with Crippen molar-refractivity contribution in [2.45, 2.75) is 32.9 Å². The highest BCUT2D eigenvalue weighted by atomic mass is 35.5. The summed E-state index contributed by atoms with van der Waals surface area (Å²) in [5.41, 5.74) is 2.36. The summed E-state index contributed by atoms with van der Waals surface area (Å²) in [4.78, 5) is 4.85. The third-order valence-electron chi connectivity index (χ3n) is 4.84. The Morgan fingerprint density at radius 2 is 2.04 bits per heavy atom. The van der Waals surface area contributed by atoms with E-state index in [-0.39, 0.29) is 6.61 Å². The van der Waals surface area contributed by atoms with Crippen LogP contribution >= 0.6 is 11.6 Å². The van der Waals surface area contributed by atoms with Gasteiger partial charge in [0.1, 0.15) is 0 Å². The Balaban J connectivity index is 2.08. The third kappa shape index (κ3) is 5.36. The molecule has 146 valence electrons. The molecule has 0 spiro atoms. The van der Waals surface area contributed by atoms with Crippen LogP contribution in [0.2, 0.25) is 5.02 Å². The first-order chi connectivity index (χ1) is 12.5. The molecular weight excluding hydrogens is 352 g/mol. The molecule has 1 fully saturated rings. The van der Waals surface area contributed by atoms with Gasteiger partial charge in [0.25, 0.3) is 0 Å². The van der Waals surface area contributed by atoms with Gasteiger partial charge in [0.2, 0.25) is 0 Å². The molecule has 0 bridgehead atoms. The summed E-state index contributed by atoms with van der Waals surface area (Å²) in [6.45, 7) is 9.04. The van der Waals surface area contributed by atoms with Gasteiger partial charge in [-0.05, 0) is 31.9 Å². The predicted octanol–water partition coefficient (Wildman–Crippen LogP) is 3.19. The van der Waals surface area contributed by atoms with Crippen LogP contribution < -0.4 is 9.47 Å². The number of methoxy groups -OCH3 is 2. The summed E-state index contributed by atoms with van der Waals surface area (Å²) >= 11 is 6.53. The highest BCUT2D eigenvalue weighted by molar-refractivity contribution is 6.33. The van der Waals surface area contributed by atoms with Crippen LogP contribution in [0.3, 0.4) is 0 Å². The molecule has 0 aliphatic carbocycles. The van der Waals surface area contributed by atoms with Gasteiger partial charge in [-0.2, -0.15) is 0 Å². The number of halogens is 1. The van der Waals surface area contributed by atoms with E-state index in [4.69, 9.17) is 21.1 Å². The van der Waals surface area contributed by atoms with E-state index in [1.807, 2.05) is 12.1 Å². The molecular formula is C20H31ClN2O3. The molecule has 5 nitrogen and oxygen atoms in total. The van der Waals surface area contributed by atoms with Crippen molar-refractivity contribution >= 4 is 11.6 Å². The highest BCUT2D eigenvalue weighted by Crippen LogP contribution is 2.37. The van der Waals surface area contributed by atoms with Crippen LogP contribution in [0.5, 0.6) is 11.5 Å². The molecule has 0 saturated carbocycles. The van der Waals surface area contributed by atoms with Gasteiger partial charge in [0, 0.05) is 45.4 Å². The van der Waals surface area contributed by atoms with Crippen molar-refractivity contribution in [3.05, 3.63) is 34.4 Å². The number of hydrogen-bond donors (Lipinski definition) is 1. The number of aliphatic hydroxyl groups excluding tert-OH is 1. The first kappa shape index (κ1) is 21.0. The van der Waals surface area contributed by atoms with Crippen LogP contribution in [0, 0.1) is 0 Å². The minimum atomic E-state index is 0.209. The fraction of sp³-hybridized carbons (Fsp3) is 0.600. The monoisotopic (exact) mass is 382 g/mol. The van der Waals surface area contributed by atoms with E-state index in [0.717, 1.165) is 44.7 Å². The molecule has 1 aromatic rings. The van der Waals surface area contributed by atoms with Crippen molar-refractivity contribution in [2.75, 3.05) is 47.0 Å². The molecule has 26 heavy (non-hydrogen) atoms. The molecule has 2 rings (SSSR count). The molecule has 1 heterocycles. The Kier molecular flexibility index (Phi) is 8.22. The molecule has 6 heteroatoms. The van der Waals surface area contributed by atoms with Crippen molar-refractivity contribution in [2.24, 2.45) is 0 Å².